The molecule has 4 N–H and O–H groups in total. The zero-order valence-corrected chi connectivity index (χ0v) is 13.9. The maximum absolute atomic E-state index is 12.7. The van der Waals surface area contributed by atoms with Gasteiger partial charge >= 0.3 is 6.03 Å². The van der Waals surface area contributed by atoms with Gasteiger partial charge in [-0.1, -0.05) is 0 Å². The Morgan fingerprint density at radius 3 is 2.24 bits per heavy atom. The van der Waals surface area contributed by atoms with Crippen LogP contribution in [0.3, 0.4) is 0 Å². The van der Waals surface area contributed by atoms with Crippen LogP contribution in [0.4, 0.5) is 22.0 Å². The van der Waals surface area contributed by atoms with Crippen molar-refractivity contribution in [2.75, 3.05) is 28.6 Å². The highest BCUT2D eigenvalue weighted by Gasteiger charge is 2.19. The van der Waals surface area contributed by atoms with Gasteiger partial charge in [0.15, 0.2) is 0 Å². The molecule has 1 aromatic heterocycles. The van der Waals surface area contributed by atoms with Crippen LogP contribution in [0.5, 0.6) is 0 Å². The Kier molecular flexibility index (Phi) is 5.13. The van der Waals surface area contributed by atoms with Gasteiger partial charge in [-0.05, 0) is 55.7 Å². The lowest BCUT2D eigenvalue weighted by Gasteiger charge is -2.29. The van der Waals surface area contributed by atoms with E-state index in [1.54, 1.807) is 42.6 Å². The minimum Gasteiger partial charge on any atom is -0.356 e. The number of aromatic nitrogens is 1. The number of carbonyl (C=O) groups is 2. The topological polar surface area (TPSA) is 100 Å². The maximum Gasteiger partial charge on any atom is 0.316 e. The van der Waals surface area contributed by atoms with E-state index in [0.29, 0.717) is 16.9 Å². The maximum atomic E-state index is 12.7. The smallest absolute Gasteiger partial charge is 0.316 e. The van der Waals surface area contributed by atoms with Crippen molar-refractivity contribution in [3.63, 3.8) is 0 Å². The average Bonchev–Trinajstić information content (AvgIpc) is 2.63. The molecule has 25 heavy (non-hydrogen) atoms. The van der Waals surface area contributed by atoms with Crippen molar-refractivity contribution in [1.82, 2.24) is 4.98 Å². The van der Waals surface area contributed by atoms with Crippen molar-refractivity contribution >= 4 is 29.1 Å². The van der Waals surface area contributed by atoms with Gasteiger partial charge in [-0.15, -0.1) is 0 Å². The van der Waals surface area contributed by atoms with Crippen molar-refractivity contribution in [1.29, 1.82) is 0 Å². The summed E-state index contributed by atoms with van der Waals surface area (Å²) >= 11 is 0. The van der Waals surface area contributed by atoms with Crippen LogP contribution >= 0.6 is 0 Å². The molecule has 1 aliphatic rings. The van der Waals surface area contributed by atoms with Crippen LogP contribution < -0.4 is 21.3 Å². The number of amides is 3. The van der Waals surface area contributed by atoms with E-state index < -0.39 is 6.03 Å². The SMILES string of the molecule is NC(=O)Nc1ccc(NC(=O)c2cccnc2N2CCCCC2)cc1. The van der Waals surface area contributed by atoms with Gasteiger partial charge in [0.1, 0.15) is 5.82 Å². The number of nitrogens with two attached hydrogens (primary N) is 1. The normalized spacial score (nSPS) is 14.0. The summed E-state index contributed by atoms with van der Waals surface area (Å²) < 4.78 is 0. The molecule has 0 radical (unpaired) electrons. The third kappa shape index (κ3) is 4.26. The summed E-state index contributed by atoms with van der Waals surface area (Å²) in [7, 11) is 0. The fourth-order valence-electron chi connectivity index (χ4n) is 2.91. The first-order valence-electron chi connectivity index (χ1n) is 8.31. The van der Waals surface area contributed by atoms with Crippen LogP contribution in [0.1, 0.15) is 29.6 Å². The molecule has 2 aromatic rings. The minimum absolute atomic E-state index is 0.204. The largest absolute Gasteiger partial charge is 0.356 e. The number of hydrogen-bond donors (Lipinski definition) is 3. The molecule has 0 spiro atoms. The molecule has 2 heterocycles. The Bertz CT molecular complexity index is 754. The summed E-state index contributed by atoms with van der Waals surface area (Å²) in [6, 6.07) is 9.69. The van der Waals surface area contributed by atoms with E-state index in [1.807, 2.05) is 0 Å². The van der Waals surface area contributed by atoms with Crippen LogP contribution in [-0.4, -0.2) is 30.0 Å². The van der Waals surface area contributed by atoms with E-state index in [9.17, 15) is 9.59 Å². The summed E-state index contributed by atoms with van der Waals surface area (Å²) in [6.07, 6.45) is 5.17. The molecule has 0 saturated carbocycles. The lowest BCUT2D eigenvalue weighted by atomic mass is 10.1. The van der Waals surface area contributed by atoms with Gasteiger partial charge in [0, 0.05) is 30.7 Å². The van der Waals surface area contributed by atoms with Crippen molar-refractivity contribution in [2.45, 2.75) is 19.3 Å². The van der Waals surface area contributed by atoms with Crippen molar-refractivity contribution in [3.8, 4) is 0 Å². The van der Waals surface area contributed by atoms with Crippen LogP contribution in [0, 0.1) is 0 Å². The number of primary amides is 1. The second kappa shape index (κ2) is 7.65. The average molecular weight is 339 g/mol. The number of nitrogens with zero attached hydrogens (tertiary/aromatic N) is 2. The molecule has 1 fully saturated rings. The molecule has 1 aliphatic heterocycles. The second-order valence-electron chi connectivity index (χ2n) is 5.94. The first-order chi connectivity index (χ1) is 12.1. The first kappa shape index (κ1) is 16.8. The summed E-state index contributed by atoms with van der Waals surface area (Å²) in [4.78, 5) is 30.1. The monoisotopic (exact) mass is 339 g/mol. The zero-order valence-electron chi connectivity index (χ0n) is 13.9. The first-order valence-corrected chi connectivity index (χ1v) is 8.31. The van der Waals surface area contributed by atoms with Crippen molar-refractivity contribution < 1.29 is 9.59 Å². The number of hydrogen-bond acceptors (Lipinski definition) is 4. The number of carbonyl (C=O) groups excluding carboxylic acids is 2. The van der Waals surface area contributed by atoms with Crippen LogP contribution in [0.25, 0.3) is 0 Å². The molecule has 0 aliphatic carbocycles. The number of benzene rings is 1. The van der Waals surface area contributed by atoms with Gasteiger partial charge in [0.25, 0.3) is 5.91 Å². The number of rotatable bonds is 4. The van der Waals surface area contributed by atoms with E-state index in [4.69, 9.17) is 5.73 Å². The molecule has 7 heteroatoms. The Morgan fingerprint density at radius 2 is 1.60 bits per heavy atom. The van der Waals surface area contributed by atoms with E-state index in [2.05, 4.69) is 20.5 Å². The van der Waals surface area contributed by atoms with E-state index in [-0.39, 0.29) is 5.91 Å². The Hall–Kier alpha value is -3.09. The highest BCUT2D eigenvalue weighted by atomic mass is 16.2. The fourth-order valence-corrected chi connectivity index (χ4v) is 2.91. The molecule has 0 bridgehead atoms. The fraction of sp³-hybridized carbons (Fsp3) is 0.278. The molecular weight excluding hydrogens is 318 g/mol. The molecule has 0 unspecified atom stereocenters. The number of nitrogens with one attached hydrogen (secondary N) is 2. The number of pyridine rings is 1. The highest BCUT2D eigenvalue weighted by molar-refractivity contribution is 6.07. The Balaban J connectivity index is 1.74. The van der Waals surface area contributed by atoms with E-state index in [0.717, 1.165) is 31.7 Å². The molecule has 0 atom stereocenters. The molecule has 3 amide bonds. The van der Waals surface area contributed by atoms with E-state index in [1.165, 1.54) is 6.42 Å². The minimum atomic E-state index is -0.627. The Morgan fingerprint density at radius 1 is 0.960 bits per heavy atom. The quantitative estimate of drug-likeness (QED) is 0.797. The third-order valence-electron chi connectivity index (χ3n) is 4.10. The zero-order chi connectivity index (χ0) is 17.6. The lowest BCUT2D eigenvalue weighted by molar-refractivity contribution is 0.102. The number of urea groups is 1. The van der Waals surface area contributed by atoms with Gasteiger partial charge in [0.2, 0.25) is 0 Å². The summed E-state index contributed by atoms with van der Waals surface area (Å²) in [5, 5.41) is 5.35. The van der Waals surface area contributed by atoms with Crippen molar-refractivity contribution in [3.05, 3.63) is 48.2 Å². The van der Waals surface area contributed by atoms with Crippen LogP contribution in [-0.2, 0) is 0 Å². The summed E-state index contributed by atoms with van der Waals surface area (Å²) in [6.45, 7) is 1.84. The number of anilines is 3. The van der Waals surface area contributed by atoms with Crippen molar-refractivity contribution in [2.24, 2.45) is 5.73 Å². The molecule has 1 saturated heterocycles. The molecular formula is C18H21N5O2. The highest BCUT2D eigenvalue weighted by Crippen LogP contribution is 2.23. The van der Waals surface area contributed by atoms with Gasteiger partial charge in [0.05, 0.1) is 5.56 Å². The Labute approximate surface area is 146 Å². The van der Waals surface area contributed by atoms with Gasteiger partial charge in [-0.2, -0.15) is 0 Å². The molecule has 1 aromatic carbocycles. The van der Waals surface area contributed by atoms with E-state index >= 15 is 0 Å². The van der Waals surface area contributed by atoms with Crippen LogP contribution in [0.15, 0.2) is 42.6 Å². The summed E-state index contributed by atoms with van der Waals surface area (Å²) in [5.41, 5.74) is 6.84. The standard InChI is InChI=1S/C18H21N5O2/c19-18(25)22-14-8-6-13(7-9-14)21-17(24)15-5-4-10-20-16(15)23-11-2-1-3-12-23/h4-10H,1-3,11-12H2,(H,21,24)(H3,19,22,25). The molecule has 3 rings (SSSR count). The van der Waals surface area contributed by atoms with Gasteiger partial charge < -0.3 is 21.3 Å². The van der Waals surface area contributed by atoms with Gasteiger partial charge in [-0.3, -0.25) is 4.79 Å². The third-order valence-corrected chi connectivity index (χ3v) is 4.10. The molecule has 7 nitrogen and oxygen atoms in total. The molecule has 130 valence electrons. The predicted octanol–water partition coefficient (Wildman–Crippen LogP) is 2.81. The summed E-state index contributed by atoms with van der Waals surface area (Å²) in [5.74, 6) is 0.524. The lowest BCUT2D eigenvalue weighted by Crippen LogP contribution is -2.32. The van der Waals surface area contributed by atoms with Crippen LogP contribution in [0.2, 0.25) is 0 Å². The second-order valence-corrected chi connectivity index (χ2v) is 5.94. The number of piperidine rings is 1. The van der Waals surface area contributed by atoms with Gasteiger partial charge in [-0.25, -0.2) is 9.78 Å². The predicted molar refractivity (Wildman–Crippen MR) is 97.9 cm³/mol.